The molecule has 0 bridgehead atoms. The molecule has 2 aromatic carbocycles. The number of aryl methyl sites for hydroxylation is 2. The van der Waals surface area contributed by atoms with Gasteiger partial charge in [-0.3, -0.25) is 5.10 Å². The summed E-state index contributed by atoms with van der Waals surface area (Å²) in [5.41, 5.74) is 12.3. The molecule has 0 saturated carbocycles. The van der Waals surface area contributed by atoms with Crippen molar-refractivity contribution in [1.29, 1.82) is 0 Å². The number of anilines is 1. The van der Waals surface area contributed by atoms with Crippen molar-refractivity contribution in [2.45, 2.75) is 31.7 Å². The largest absolute Gasteiger partial charge is 0.358 e. The van der Waals surface area contributed by atoms with E-state index >= 15 is 0 Å². The minimum absolute atomic E-state index is 0.257. The van der Waals surface area contributed by atoms with Crippen molar-refractivity contribution >= 4 is 27.4 Å². The SMILES string of the molecule is Cc1n[nH]c2ccc(-c3nnc(NCC4(N)CCc5ccccc5C4)s3)cc12. The maximum atomic E-state index is 6.69. The molecule has 2 heterocycles. The van der Waals surface area contributed by atoms with Crippen LogP contribution in [-0.2, 0) is 12.8 Å². The van der Waals surface area contributed by atoms with Gasteiger partial charge in [0.15, 0.2) is 0 Å². The zero-order chi connectivity index (χ0) is 19.1. The Hall–Kier alpha value is -2.77. The highest BCUT2D eigenvalue weighted by Crippen LogP contribution is 2.31. The first-order valence-electron chi connectivity index (χ1n) is 9.48. The number of H-pyrrole nitrogens is 1. The van der Waals surface area contributed by atoms with Crippen LogP contribution in [0.1, 0.15) is 23.2 Å². The zero-order valence-corrected chi connectivity index (χ0v) is 16.5. The third kappa shape index (κ3) is 3.16. The molecule has 0 amide bonds. The van der Waals surface area contributed by atoms with Crippen molar-refractivity contribution in [3.05, 3.63) is 59.3 Å². The fourth-order valence-corrected chi connectivity index (χ4v) is 4.65. The van der Waals surface area contributed by atoms with Crippen LogP contribution < -0.4 is 11.1 Å². The number of hydrogen-bond donors (Lipinski definition) is 3. The fourth-order valence-electron chi connectivity index (χ4n) is 3.92. The first-order valence-corrected chi connectivity index (χ1v) is 10.3. The minimum atomic E-state index is -0.257. The van der Waals surface area contributed by atoms with Crippen molar-refractivity contribution < 1.29 is 0 Å². The van der Waals surface area contributed by atoms with E-state index in [0.717, 1.165) is 51.6 Å². The maximum Gasteiger partial charge on any atom is 0.206 e. The number of nitrogens with two attached hydrogens (primary N) is 1. The lowest BCUT2D eigenvalue weighted by atomic mass is 9.78. The Morgan fingerprint density at radius 1 is 1.18 bits per heavy atom. The van der Waals surface area contributed by atoms with Crippen molar-refractivity contribution in [3.8, 4) is 10.6 Å². The molecule has 6 nitrogen and oxygen atoms in total. The summed E-state index contributed by atoms with van der Waals surface area (Å²) in [6, 6.07) is 14.8. The van der Waals surface area contributed by atoms with E-state index in [1.54, 1.807) is 11.3 Å². The van der Waals surface area contributed by atoms with Crippen LogP contribution >= 0.6 is 11.3 Å². The summed E-state index contributed by atoms with van der Waals surface area (Å²) in [5, 5.41) is 22.2. The van der Waals surface area contributed by atoms with E-state index in [4.69, 9.17) is 5.73 Å². The van der Waals surface area contributed by atoms with Gasteiger partial charge in [0.05, 0.1) is 11.2 Å². The topological polar surface area (TPSA) is 92.5 Å². The Balaban J connectivity index is 1.31. The van der Waals surface area contributed by atoms with Crippen LogP contribution in [0.5, 0.6) is 0 Å². The molecule has 0 fully saturated rings. The Labute approximate surface area is 167 Å². The van der Waals surface area contributed by atoms with Gasteiger partial charge in [0.1, 0.15) is 5.01 Å². The van der Waals surface area contributed by atoms with Gasteiger partial charge in [-0.2, -0.15) is 5.10 Å². The molecule has 142 valence electrons. The van der Waals surface area contributed by atoms with Gasteiger partial charge in [-0.15, -0.1) is 10.2 Å². The van der Waals surface area contributed by atoms with E-state index in [-0.39, 0.29) is 5.54 Å². The highest BCUT2D eigenvalue weighted by atomic mass is 32.1. The van der Waals surface area contributed by atoms with E-state index in [1.807, 2.05) is 19.1 Å². The van der Waals surface area contributed by atoms with Crippen LogP contribution in [0.2, 0.25) is 0 Å². The van der Waals surface area contributed by atoms with Crippen LogP contribution in [-0.4, -0.2) is 32.5 Å². The van der Waals surface area contributed by atoms with Crippen LogP contribution in [0, 0.1) is 6.92 Å². The highest BCUT2D eigenvalue weighted by molar-refractivity contribution is 7.18. The maximum absolute atomic E-state index is 6.69. The molecule has 7 heteroatoms. The number of nitrogens with zero attached hydrogens (tertiary/aromatic N) is 3. The molecule has 0 saturated heterocycles. The Morgan fingerprint density at radius 2 is 2.04 bits per heavy atom. The molecule has 5 rings (SSSR count). The minimum Gasteiger partial charge on any atom is -0.358 e. The van der Waals surface area contributed by atoms with Crippen LogP contribution in [0.15, 0.2) is 42.5 Å². The average molecular weight is 391 g/mol. The van der Waals surface area contributed by atoms with Gasteiger partial charge >= 0.3 is 0 Å². The smallest absolute Gasteiger partial charge is 0.206 e. The van der Waals surface area contributed by atoms with Crippen molar-refractivity contribution in [3.63, 3.8) is 0 Å². The first kappa shape index (κ1) is 17.3. The van der Waals surface area contributed by atoms with Gasteiger partial charge in [-0.1, -0.05) is 35.6 Å². The number of hydrogen-bond acceptors (Lipinski definition) is 6. The molecule has 0 spiro atoms. The van der Waals surface area contributed by atoms with E-state index in [9.17, 15) is 0 Å². The summed E-state index contributed by atoms with van der Waals surface area (Å²) in [7, 11) is 0. The molecular weight excluding hydrogens is 368 g/mol. The average Bonchev–Trinajstić information content (AvgIpc) is 3.33. The Kier molecular flexibility index (Phi) is 4.14. The summed E-state index contributed by atoms with van der Waals surface area (Å²) >= 11 is 1.56. The highest BCUT2D eigenvalue weighted by Gasteiger charge is 2.30. The molecule has 1 unspecified atom stereocenters. The van der Waals surface area contributed by atoms with Gasteiger partial charge in [0.25, 0.3) is 0 Å². The monoisotopic (exact) mass is 390 g/mol. The van der Waals surface area contributed by atoms with Crippen LogP contribution in [0.3, 0.4) is 0 Å². The molecule has 4 aromatic rings. The predicted octanol–water partition coefficient (Wildman–Crippen LogP) is 3.69. The number of rotatable bonds is 4. The zero-order valence-electron chi connectivity index (χ0n) is 15.7. The quantitative estimate of drug-likeness (QED) is 0.494. The second kappa shape index (κ2) is 6.68. The standard InChI is InChI=1S/C21H22N6S/c1-13-17-10-15(6-7-18(17)25-24-13)19-26-27-20(28-19)23-12-21(22)9-8-14-4-2-3-5-16(14)11-21/h2-7,10H,8-9,11-12,22H2,1H3,(H,23,27)(H,24,25). The Morgan fingerprint density at radius 3 is 2.93 bits per heavy atom. The summed E-state index contributed by atoms with van der Waals surface area (Å²) in [5.74, 6) is 0. The summed E-state index contributed by atoms with van der Waals surface area (Å²) < 4.78 is 0. The van der Waals surface area contributed by atoms with Crippen LogP contribution in [0.25, 0.3) is 21.5 Å². The third-order valence-electron chi connectivity index (χ3n) is 5.57. The number of benzene rings is 2. The molecule has 28 heavy (non-hydrogen) atoms. The fraction of sp³-hybridized carbons (Fsp3) is 0.286. The number of fused-ring (bicyclic) bond motifs is 2. The molecular formula is C21H22N6S. The van der Waals surface area contributed by atoms with Gasteiger partial charge in [-0.05, 0) is 55.5 Å². The van der Waals surface area contributed by atoms with Gasteiger partial charge in [0.2, 0.25) is 5.13 Å². The lowest BCUT2D eigenvalue weighted by molar-refractivity contribution is 0.392. The summed E-state index contributed by atoms with van der Waals surface area (Å²) in [4.78, 5) is 0. The van der Waals surface area contributed by atoms with E-state index in [0.29, 0.717) is 6.54 Å². The number of nitrogens with one attached hydrogen (secondary N) is 2. The second-order valence-electron chi connectivity index (χ2n) is 7.64. The van der Waals surface area contributed by atoms with Crippen molar-refractivity contribution in [1.82, 2.24) is 20.4 Å². The molecule has 1 aliphatic rings. The third-order valence-corrected chi connectivity index (χ3v) is 6.50. The lowest BCUT2D eigenvalue weighted by Gasteiger charge is -2.34. The van der Waals surface area contributed by atoms with Gasteiger partial charge < -0.3 is 11.1 Å². The molecule has 2 aromatic heterocycles. The summed E-state index contributed by atoms with van der Waals surface area (Å²) in [6.07, 6.45) is 2.89. The molecule has 0 radical (unpaired) electrons. The lowest BCUT2D eigenvalue weighted by Crippen LogP contribution is -2.50. The summed E-state index contributed by atoms with van der Waals surface area (Å²) in [6.45, 7) is 2.69. The molecule has 4 N–H and O–H groups in total. The van der Waals surface area contributed by atoms with Crippen LogP contribution in [0.4, 0.5) is 5.13 Å². The number of aromatic nitrogens is 4. The molecule has 1 aliphatic carbocycles. The van der Waals surface area contributed by atoms with Gasteiger partial charge in [0, 0.05) is 23.0 Å². The number of aromatic amines is 1. The van der Waals surface area contributed by atoms with Crippen molar-refractivity contribution in [2.24, 2.45) is 5.73 Å². The molecule has 0 aliphatic heterocycles. The second-order valence-corrected chi connectivity index (χ2v) is 8.62. The van der Waals surface area contributed by atoms with E-state index in [2.05, 4.69) is 56.0 Å². The van der Waals surface area contributed by atoms with Crippen molar-refractivity contribution in [2.75, 3.05) is 11.9 Å². The predicted molar refractivity (Wildman–Crippen MR) is 114 cm³/mol. The Bertz CT molecular complexity index is 1150. The normalized spacial score (nSPS) is 18.9. The van der Waals surface area contributed by atoms with E-state index < -0.39 is 0 Å². The van der Waals surface area contributed by atoms with Gasteiger partial charge in [-0.25, -0.2) is 0 Å². The molecule has 1 atom stereocenters. The first-order chi connectivity index (χ1) is 13.6. The van der Waals surface area contributed by atoms with E-state index in [1.165, 1.54) is 11.1 Å².